The molecule has 0 unspecified atom stereocenters. The molecule has 0 atom stereocenters. The van der Waals surface area contributed by atoms with Gasteiger partial charge in [0.25, 0.3) is 5.56 Å². The fourth-order valence-electron chi connectivity index (χ4n) is 4.36. The molecule has 1 fully saturated rings. The molecule has 1 aromatic carbocycles. The van der Waals surface area contributed by atoms with Crippen molar-refractivity contribution in [1.82, 2.24) is 28.8 Å². The van der Waals surface area contributed by atoms with Gasteiger partial charge in [-0.25, -0.2) is 17.9 Å². The van der Waals surface area contributed by atoms with Crippen LogP contribution < -0.4 is 10.3 Å². The molecule has 0 amide bonds. The van der Waals surface area contributed by atoms with Gasteiger partial charge in [0.2, 0.25) is 10.0 Å². The Morgan fingerprint density at radius 2 is 1.91 bits per heavy atom. The molecule has 2 aromatic heterocycles. The number of aliphatic hydroxyl groups excluding tert-OH is 1. The number of fused-ring (bicyclic) bond motifs is 1. The molecule has 1 aliphatic heterocycles. The van der Waals surface area contributed by atoms with Gasteiger partial charge in [-0.1, -0.05) is 6.92 Å². The molecule has 0 saturated carbocycles. The number of sulfonamides is 1. The Morgan fingerprint density at radius 1 is 1.17 bits per heavy atom. The summed E-state index contributed by atoms with van der Waals surface area (Å²) in [7, 11) is -3.78. The quantitative estimate of drug-likeness (QED) is 0.442. The van der Waals surface area contributed by atoms with Gasteiger partial charge in [0.05, 0.1) is 29.4 Å². The predicted molar refractivity (Wildman–Crippen MR) is 131 cm³/mol. The molecular formula is C23H32N6O5S. The minimum absolute atomic E-state index is 0.0426. The van der Waals surface area contributed by atoms with E-state index < -0.39 is 10.0 Å². The number of aryl methyl sites for hydroxylation is 2. The lowest BCUT2D eigenvalue weighted by Gasteiger charge is -2.33. The number of piperazine rings is 1. The third-order valence-corrected chi connectivity index (χ3v) is 8.00. The lowest BCUT2D eigenvalue weighted by Crippen LogP contribution is -2.49. The Balaban J connectivity index is 1.78. The average Bonchev–Trinajstić information content (AvgIpc) is 3.15. The van der Waals surface area contributed by atoms with E-state index in [1.807, 2.05) is 18.7 Å². The summed E-state index contributed by atoms with van der Waals surface area (Å²) >= 11 is 0. The number of aromatic nitrogens is 4. The highest BCUT2D eigenvalue weighted by atomic mass is 32.2. The summed E-state index contributed by atoms with van der Waals surface area (Å²) in [5.74, 6) is 1.32. The van der Waals surface area contributed by atoms with Crippen molar-refractivity contribution in [3.8, 4) is 17.1 Å². The number of hydrogen-bond acceptors (Lipinski definition) is 8. The molecule has 11 nitrogen and oxygen atoms in total. The molecule has 3 heterocycles. The summed E-state index contributed by atoms with van der Waals surface area (Å²) < 4.78 is 35.6. The van der Waals surface area contributed by atoms with Crippen molar-refractivity contribution in [3.63, 3.8) is 0 Å². The smallest absolute Gasteiger partial charge is 0.277 e. The third kappa shape index (κ3) is 4.96. The zero-order chi connectivity index (χ0) is 25.2. The van der Waals surface area contributed by atoms with Crippen LogP contribution in [0.5, 0.6) is 5.75 Å². The normalized spacial score (nSPS) is 15.7. The highest BCUT2D eigenvalue weighted by Crippen LogP contribution is 2.31. The summed E-state index contributed by atoms with van der Waals surface area (Å²) in [6.45, 7) is 8.32. The van der Waals surface area contributed by atoms with Crippen LogP contribution in [0.3, 0.4) is 0 Å². The number of aromatic amines is 1. The summed E-state index contributed by atoms with van der Waals surface area (Å²) in [5, 5.41) is 13.8. The molecule has 2 N–H and O–H groups in total. The van der Waals surface area contributed by atoms with Gasteiger partial charge >= 0.3 is 0 Å². The molecule has 0 aliphatic carbocycles. The standard InChI is InChI=1S/C23H32N6O5S/c1-4-6-20-24-16(3)21-23(31)25-22(26-29(20)21)18-15-17(7-8-19(18)34-5-2)35(32,33)28-11-9-27(10-12-28)13-14-30/h7-8,15,30H,4-6,9-14H2,1-3H3,(H,25,26,31). The maximum Gasteiger partial charge on any atom is 0.277 e. The first-order valence-electron chi connectivity index (χ1n) is 11.9. The van der Waals surface area contributed by atoms with Crippen LogP contribution in [0.25, 0.3) is 16.9 Å². The Bertz CT molecular complexity index is 1360. The summed E-state index contributed by atoms with van der Waals surface area (Å²) in [5.41, 5.74) is 1.01. The maximum atomic E-state index is 13.4. The second-order valence-electron chi connectivity index (χ2n) is 8.49. The number of nitrogens with one attached hydrogen (secondary N) is 1. The van der Waals surface area contributed by atoms with Gasteiger partial charge in [0.15, 0.2) is 11.3 Å². The highest BCUT2D eigenvalue weighted by Gasteiger charge is 2.29. The molecule has 190 valence electrons. The molecule has 0 spiro atoms. The number of nitrogens with zero attached hydrogens (tertiary/aromatic N) is 5. The van der Waals surface area contributed by atoms with Crippen molar-refractivity contribution in [2.45, 2.75) is 38.5 Å². The summed E-state index contributed by atoms with van der Waals surface area (Å²) in [4.78, 5) is 22.4. The largest absolute Gasteiger partial charge is 0.493 e. The number of H-pyrrole nitrogens is 1. The van der Waals surface area contributed by atoms with Crippen LogP contribution in [-0.2, 0) is 16.4 Å². The van der Waals surface area contributed by atoms with E-state index in [0.717, 1.165) is 6.42 Å². The number of rotatable bonds is 9. The summed E-state index contributed by atoms with van der Waals surface area (Å²) in [6, 6.07) is 4.63. The molecule has 1 aliphatic rings. The maximum absolute atomic E-state index is 13.4. The molecule has 1 saturated heterocycles. The SMILES string of the molecule is CCCc1nc(C)c2c(=O)[nH]c(-c3cc(S(=O)(=O)N4CCN(CCO)CC4)ccc3OCC)nn12. The fraction of sp³-hybridized carbons (Fsp3) is 0.522. The van der Waals surface area contributed by atoms with Crippen LogP contribution >= 0.6 is 0 Å². The van der Waals surface area contributed by atoms with Gasteiger partial charge < -0.3 is 14.8 Å². The monoisotopic (exact) mass is 504 g/mol. The van der Waals surface area contributed by atoms with E-state index >= 15 is 0 Å². The minimum atomic E-state index is -3.78. The molecular weight excluding hydrogens is 472 g/mol. The van der Waals surface area contributed by atoms with Crippen LogP contribution in [0.4, 0.5) is 0 Å². The Labute approximate surface area is 204 Å². The lowest BCUT2D eigenvalue weighted by atomic mass is 10.2. The van der Waals surface area contributed by atoms with E-state index in [9.17, 15) is 13.2 Å². The third-order valence-electron chi connectivity index (χ3n) is 6.11. The predicted octanol–water partition coefficient (Wildman–Crippen LogP) is 1.04. The van der Waals surface area contributed by atoms with Gasteiger partial charge in [0, 0.05) is 39.1 Å². The van der Waals surface area contributed by atoms with Crippen LogP contribution in [0.1, 0.15) is 31.8 Å². The van der Waals surface area contributed by atoms with E-state index in [1.54, 1.807) is 17.5 Å². The van der Waals surface area contributed by atoms with Crippen molar-refractivity contribution in [1.29, 1.82) is 0 Å². The summed E-state index contributed by atoms with van der Waals surface area (Å²) in [6.07, 6.45) is 1.49. The molecule has 4 rings (SSSR count). The number of imidazole rings is 1. The van der Waals surface area contributed by atoms with Gasteiger partial charge in [0.1, 0.15) is 11.6 Å². The number of hydrogen-bond donors (Lipinski definition) is 2. The van der Waals surface area contributed by atoms with Gasteiger partial charge in [-0.3, -0.25) is 9.69 Å². The Kier molecular flexibility index (Phi) is 7.55. The number of ether oxygens (including phenoxy) is 1. The second-order valence-corrected chi connectivity index (χ2v) is 10.4. The average molecular weight is 505 g/mol. The van der Waals surface area contributed by atoms with E-state index in [1.165, 1.54) is 16.4 Å². The van der Waals surface area contributed by atoms with Crippen molar-refractivity contribution in [2.75, 3.05) is 45.9 Å². The zero-order valence-corrected chi connectivity index (χ0v) is 21.1. The van der Waals surface area contributed by atoms with Crippen molar-refractivity contribution in [2.24, 2.45) is 0 Å². The second kappa shape index (κ2) is 10.4. The van der Waals surface area contributed by atoms with Crippen LogP contribution in [-0.4, -0.2) is 88.2 Å². The fourth-order valence-corrected chi connectivity index (χ4v) is 5.81. The minimum Gasteiger partial charge on any atom is -0.493 e. The van der Waals surface area contributed by atoms with Gasteiger partial charge in [-0.15, -0.1) is 5.10 Å². The van der Waals surface area contributed by atoms with Crippen molar-refractivity contribution < 1.29 is 18.3 Å². The van der Waals surface area contributed by atoms with E-state index in [4.69, 9.17) is 9.84 Å². The topological polar surface area (TPSA) is 133 Å². The van der Waals surface area contributed by atoms with Crippen molar-refractivity contribution >= 4 is 15.5 Å². The number of benzene rings is 1. The van der Waals surface area contributed by atoms with E-state index in [0.29, 0.717) is 74.1 Å². The van der Waals surface area contributed by atoms with Crippen LogP contribution in [0.15, 0.2) is 27.9 Å². The number of aliphatic hydroxyl groups is 1. The van der Waals surface area contributed by atoms with Gasteiger partial charge in [-0.2, -0.15) is 4.31 Å². The number of β-amino-alcohol motifs (C(OH)–C–C–N with tert-alkyl or cyclic N) is 1. The molecule has 35 heavy (non-hydrogen) atoms. The Morgan fingerprint density at radius 3 is 2.57 bits per heavy atom. The molecule has 0 bridgehead atoms. The zero-order valence-electron chi connectivity index (χ0n) is 20.3. The highest BCUT2D eigenvalue weighted by molar-refractivity contribution is 7.89. The lowest BCUT2D eigenvalue weighted by molar-refractivity contribution is 0.151. The van der Waals surface area contributed by atoms with Crippen molar-refractivity contribution in [3.05, 3.63) is 40.1 Å². The van der Waals surface area contributed by atoms with E-state index in [2.05, 4.69) is 15.1 Å². The first kappa shape index (κ1) is 25.3. The molecule has 0 radical (unpaired) electrons. The molecule has 3 aromatic rings. The first-order valence-corrected chi connectivity index (χ1v) is 13.3. The Hall–Kier alpha value is -2.80. The van der Waals surface area contributed by atoms with Crippen LogP contribution in [0, 0.1) is 6.92 Å². The molecule has 12 heteroatoms. The van der Waals surface area contributed by atoms with Crippen LogP contribution in [0.2, 0.25) is 0 Å². The van der Waals surface area contributed by atoms with E-state index in [-0.39, 0.29) is 22.9 Å². The first-order chi connectivity index (χ1) is 16.8. The van der Waals surface area contributed by atoms with Gasteiger partial charge in [-0.05, 0) is 38.5 Å².